The fraction of sp³-hybridized carbons (Fsp3) is 0.400. The summed E-state index contributed by atoms with van der Waals surface area (Å²) in [5, 5.41) is 6.45. The number of methoxy groups -OCH3 is 1. The largest absolute Gasteiger partial charge is 0.377 e. The van der Waals surface area contributed by atoms with E-state index in [1.807, 2.05) is 0 Å². The molecule has 0 unspecified atom stereocenters. The summed E-state index contributed by atoms with van der Waals surface area (Å²) >= 11 is 0. The van der Waals surface area contributed by atoms with E-state index in [0.717, 1.165) is 0 Å². The highest BCUT2D eigenvalue weighted by Crippen LogP contribution is 2.49. The fourth-order valence-electron chi connectivity index (χ4n) is 2.47. The predicted molar refractivity (Wildman–Crippen MR) is 74.2 cm³/mol. The molecule has 1 aromatic heterocycles. The van der Waals surface area contributed by atoms with E-state index in [1.165, 1.54) is 13.2 Å². The highest BCUT2D eigenvalue weighted by Gasteiger charge is 2.52. The van der Waals surface area contributed by atoms with Gasteiger partial charge in [-0.05, 0) is 18.9 Å². The Morgan fingerprint density at radius 2 is 2.23 bits per heavy atom. The number of halogens is 1. The summed E-state index contributed by atoms with van der Waals surface area (Å²) in [5.41, 5.74) is -0.320. The SMILES string of the molecule is COCc1noc(CNC(=O)C2(c3ccccc3F)CC2)n1. The van der Waals surface area contributed by atoms with Crippen LogP contribution in [-0.2, 0) is 28.1 Å². The van der Waals surface area contributed by atoms with Crippen molar-refractivity contribution >= 4 is 5.91 Å². The van der Waals surface area contributed by atoms with Gasteiger partial charge in [-0.15, -0.1) is 0 Å². The summed E-state index contributed by atoms with van der Waals surface area (Å²) in [7, 11) is 1.53. The summed E-state index contributed by atoms with van der Waals surface area (Å²) in [6.07, 6.45) is 1.27. The number of nitrogens with one attached hydrogen (secondary N) is 1. The summed E-state index contributed by atoms with van der Waals surface area (Å²) < 4.78 is 23.8. The smallest absolute Gasteiger partial charge is 0.246 e. The van der Waals surface area contributed by atoms with Crippen molar-refractivity contribution in [3.05, 3.63) is 47.4 Å². The van der Waals surface area contributed by atoms with E-state index in [0.29, 0.717) is 30.1 Å². The zero-order chi connectivity index (χ0) is 15.6. The van der Waals surface area contributed by atoms with Crippen LogP contribution in [0.2, 0.25) is 0 Å². The predicted octanol–water partition coefficient (Wildman–Crippen LogP) is 1.70. The average molecular weight is 305 g/mol. The molecule has 2 aromatic rings. The number of nitrogens with zero attached hydrogens (tertiary/aromatic N) is 2. The Bertz CT molecular complexity index is 682. The second kappa shape index (κ2) is 5.84. The monoisotopic (exact) mass is 305 g/mol. The maximum atomic E-state index is 13.9. The minimum absolute atomic E-state index is 0.117. The van der Waals surface area contributed by atoms with Crippen LogP contribution < -0.4 is 5.32 Å². The third-order valence-electron chi connectivity index (χ3n) is 3.76. The van der Waals surface area contributed by atoms with Crippen LogP contribution in [-0.4, -0.2) is 23.2 Å². The standard InChI is InChI=1S/C15H16FN3O3/c1-21-9-12-18-13(22-19-12)8-17-14(20)15(6-7-15)10-4-2-3-5-11(10)16/h2-5H,6-9H2,1H3,(H,17,20). The summed E-state index contributed by atoms with van der Waals surface area (Å²) in [6, 6.07) is 6.38. The van der Waals surface area contributed by atoms with Crippen molar-refractivity contribution in [2.45, 2.75) is 31.4 Å². The number of carbonyl (C=O) groups excluding carboxylic acids is 1. The van der Waals surface area contributed by atoms with E-state index in [1.54, 1.807) is 18.2 Å². The molecule has 1 heterocycles. The Hall–Kier alpha value is -2.28. The molecule has 0 spiro atoms. The van der Waals surface area contributed by atoms with Crippen molar-refractivity contribution in [1.29, 1.82) is 0 Å². The van der Waals surface area contributed by atoms with E-state index in [2.05, 4.69) is 15.5 Å². The molecule has 1 saturated carbocycles. The van der Waals surface area contributed by atoms with Crippen LogP contribution >= 0.6 is 0 Å². The third kappa shape index (κ3) is 2.71. The summed E-state index contributed by atoms with van der Waals surface area (Å²) in [5.74, 6) is 0.145. The Morgan fingerprint density at radius 1 is 1.45 bits per heavy atom. The quantitative estimate of drug-likeness (QED) is 0.879. The third-order valence-corrected chi connectivity index (χ3v) is 3.76. The molecule has 116 valence electrons. The van der Waals surface area contributed by atoms with Gasteiger partial charge in [-0.25, -0.2) is 4.39 Å². The number of ether oxygens (including phenoxy) is 1. The van der Waals surface area contributed by atoms with Crippen molar-refractivity contribution in [2.24, 2.45) is 0 Å². The van der Waals surface area contributed by atoms with Crippen molar-refractivity contribution < 1.29 is 18.4 Å². The molecule has 1 aliphatic carbocycles. The Kier molecular flexibility index (Phi) is 3.89. The lowest BCUT2D eigenvalue weighted by atomic mass is 9.94. The van der Waals surface area contributed by atoms with Crippen molar-refractivity contribution in [3.63, 3.8) is 0 Å². The number of carbonyl (C=O) groups is 1. The zero-order valence-electron chi connectivity index (χ0n) is 12.1. The molecule has 0 radical (unpaired) electrons. The first kappa shape index (κ1) is 14.6. The van der Waals surface area contributed by atoms with Gasteiger partial charge >= 0.3 is 0 Å². The average Bonchev–Trinajstić information content (AvgIpc) is 3.20. The fourth-order valence-corrected chi connectivity index (χ4v) is 2.47. The van der Waals surface area contributed by atoms with Crippen LogP contribution in [0, 0.1) is 5.82 Å². The normalized spacial score (nSPS) is 15.5. The Balaban J connectivity index is 1.65. The number of amides is 1. The first-order valence-electron chi connectivity index (χ1n) is 6.99. The Labute approximate surface area is 126 Å². The van der Waals surface area contributed by atoms with Crippen molar-refractivity contribution in [1.82, 2.24) is 15.5 Å². The molecule has 0 aliphatic heterocycles. The molecule has 1 aromatic carbocycles. The topological polar surface area (TPSA) is 77.3 Å². The zero-order valence-corrected chi connectivity index (χ0v) is 12.1. The van der Waals surface area contributed by atoms with Gasteiger partial charge in [-0.2, -0.15) is 4.98 Å². The van der Waals surface area contributed by atoms with Crippen molar-refractivity contribution in [3.8, 4) is 0 Å². The van der Waals surface area contributed by atoms with Gasteiger partial charge in [-0.1, -0.05) is 23.4 Å². The van der Waals surface area contributed by atoms with Crippen LogP contribution in [0.15, 0.2) is 28.8 Å². The molecule has 1 fully saturated rings. The number of hydrogen-bond donors (Lipinski definition) is 1. The van der Waals surface area contributed by atoms with Crippen LogP contribution in [0.1, 0.15) is 30.1 Å². The second-order valence-electron chi connectivity index (χ2n) is 5.28. The molecular weight excluding hydrogens is 289 g/mol. The minimum Gasteiger partial charge on any atom is -0.377 e. The number of rotatable bonds is 6. The molecule has 0 atom stereocenters. The molecule has 0 bridgehead atoms. The van der Waals surface area contributed by atoms with Gasteiger partial charge in [0.05, 0.1) is 12.0 Å². The van der Waals surface area contributed by atoms with Crippen LogP contribution in [0.5, 0.6) is 0 Å². The van der Waals surface area contributed by atoms with Gasteiger partial charge in [0.25, 0.3) is 0 Å². The molecular formula is C15H16FN3O3. The molecule has 1 aliphatic rings. The minimum atomic E-state index is -0.763. The van der Waals surface area contributed by atoms with Crippen LogP contribution in [0.3, 0.4) is 0 Å². The second-order valence-corrected chi connectivity index (χ2v) is 5.28. The highest BCUT2D eigenvalue weighted by atomic mass is 19.1. The van der Waals surface area contributed by atoms with Gasteiger partial charge in [0.1, 0.15) is 12.4 Å². The highest BCUT2D eigenvalue weighted by molar-refractivity contribution is 5.91. The first-order chi connectivity index (χ1) is 10.7. The summed E-state index contributed by atoms with van der Waals surface area (Å²) in [6.45, 7) is 0.363. The molecule has 3 rings (SSSR count). The van der Waals surface area contributed by atoms with E-state index in [-0.39, 0.29) is 24.9 Å². The van der Waals surface area contributed by atoms with E-state index < -0.39 is 5.41 Å². The van der Waals surface area contributed by atoms with Crippen LogP contribution in [0.25, 0.3) is 0 Å². The molecule has 0 saturated heterocycles. The lowest BCUT2D eigenvalue weighted by Crippen LogP contribution is -2.35. The van der Waals surface area contributed by atoms with Gasteiger partial charge in [0, 0.05) is 12.7 Å². The van der Waals surface area contributed by atoms with Gasteiger partial charge in [0.15, 0.2) is 5.82 Å². The molecule has 22 heavy (non-hydrogen) atoms. The van der Waals surface area contributed by atoms with E-state index >= 15 is 0 Å². The van der Waals surface area contributed by atoms with Crippen molar-refractivity contribution in [2.75, 3.05) is 7.11 Å². The molecule has 6 nitrogen and oxygen atoms in total. The van der Waals surface area contributed by atoms with Gasteiger partial charge < -0.3 is 14.6 Å². The van der Waals surface area contributed by atoms with Crippen LogP contribution in [0.4, 0.5) is 4.39 Å². The maximum Gasteiger partial charge on any atom is 0.246 e. The van der Waals surface area contributed by atoms with Gasteiger partial charge in [0.2, 0.25) is 11.8 Å². The molecule has 7 heteroatoms. The number of aromatic nitrogens is 2. The lowest BCUT2D eigenvalue weighted by Gasteiger charge is -2.15. The first-order valence-corrected chi connectivity index (χ1v) is 6.99. The number of benzene rings is 1. The van der Waals surface area contributed by atoms with E-state index in [4.69, 9.17) is 9.26 Å². The maximum absolute atomic E-state index is 13.9. The molecule has 1 amide bonds. The molecule has 1 N–H and O–H groups in total. The van der Waals surface area contributed by atoms with E-state index in [9.17, 15) is 9.18 Å². The number of hydrogen-bond acceptors (Lipinski definition) is 5. The Morgan fingerprint density at radius 3 is 2.91 bits per heavy atom. The lowest BCUT2D eigenvalue weighted by molar-refractivity contribution is -0.123. The van der Waals surface area contributed by atoms with Gasteiger partial charge in [-0.3, -0.25) is 4.79 Å². The summed E-state index contributed by atoms with van der Waals surface area (Å²) in [4.78, 5) is 16.5.